The van der Waals surface area contributed by atoms with Crippen LogP contribution >= 0.6 is 0 Å². The standard InChI is InChI=1S/C12H13N3O2/c1-9-6-12(17)15(8-13-9)7-11(16)10-4-3-5-14(10)2/h3-6,8H,7H2,1-2H3. The Hall–Kier alpha value is -2.17. The van der Waals surface area contributed by atoms with Crippen LogP contribution in [-0.2, 0) is 13.6 Å². The Morgan fingerprint density at radius 3 is 2.82 bits per heavy atom. The van der Waals surface area contributed by atoms with Crippen molar-refractivity contribution in [2.75, 3.05) is 0 Å². The highest BCUT2D eigenvalue weighted by molar-refractivity contribution is 5.94. The molecule has 0 atom stereocenters. The molecule has 0 bridgehead atoms. The maximum absolute atomic E-state index is 11.9. The van der Waals surface area contributed by atoms with Crippen molar-refractivity contribution in [1.29, 1.82) is 0 Å². The molecule has 0 saturated heterocycles. The molecule has 88 valence electrons. The van der Waals surface area contributed by atoms with Crippen LogP contribution in [0.2, 0.25) is 0 Å². The molecule has 5 heteroatoms. The number of nitrogens with zero attached hydrogens (tertiary/aromatic N) is 3. The summed E-state index contributed by atoms with van der Waals surface area (Å²) >= 11 is 0. The zero-order chi connectivity index (χ0) is 12.4. The predicted molar refractivity (Wildman–Crippen MR) is 63.0 cm³/mol. The normalized spacial score (nSPS) is 10.5. The molecule has 0 amide bonds. The number of ketones is 1. The first-order valence-corrected chi connectivity index (χ1v) is 5.25. The van der Waals surface area contributed by atoms with E-state index in [1.807, 2.05) is 0 Å². The second-order valence-corrected chi connectivity index (χ2v) is 3.92. The Kier molecular flexibility index (Phi) is 2.91. The minimum absolute atomic E-state index is 0.0178. The van der Waals surface area contributed by atoms with E-state index in [9.17, 15) is 9.59 Å². The number of hydrogen-bond donors (Lipinski definition) is 0. The smallest absolute Gasteiger partial charge is 0.253 e. The summed E-state index contributed by atoms with van der Waals surface area (Å²) in [5.41, 5.74) is 1.02. The van der Waals surface area contributed by atoms with Crippen molar-refractivity contribution in [2.45, 2.75) is 13.5 Å². The molecule has 0 unspecified atom stereocenters. The first-order chi connectivity index (χ1) is 8.08. The van der Waals surface area contributed by atoms with Gasteiger partial charge in [0, 0.05) is 25.0 Å². The monoisotopic (exact) mass is 231 g/mol. The van der Waals surface area contributed by atoms with E-state index in [0.29, 0.717) is 11.4 Å². The van der Waals surface area contributed by atoms with Crippen molar-refractivity contribution in [3.05, 3.63) is 52.5 Å². The van der Waals surface area contributed by atoms with E-state index in [0.717, 1.165) is 0 Å². The van der Waals surface area contributed by atoms with Gasteiger partial charge in [-0.1, -0.05) is 0 Å². The molecule has 2 heterocycles. The number of rotatable bonds is 3. The van der Waals surface area contributed by atoms with Gasteiger partial charge < -0.3 is 4.57 Å². The Labute approximate surface area is 98.3 Å². The fourth-order valence-electron chi connectivity index (χ4n) is 1.62. The summed E-state index contributed by atoms with van der Waals surface area (Å²) in [7, 11) is 1.80. The van der Waals surface area contributed by atoms with Crippen LogP contribution in [0.15, 0.2) is 35.5 Å². The summed E-state index contributed by atoms with van der Waals surface area (Å²) in [6.07, 6.45) is 3.20. The molecule has 0 fully saturated rings. The van der Waals surface area contributed by atoms with Gasteiger partial charge in [0.05, 0.1) is 18.6 Å². The Morgan fingerprint density at radius 1 is 1.47 bits per heavy atom. The lowest BCUT2D eigenvalue weighted by molar-refractivity contribution is 0.0962. The van der Waals surface area contributed by atoms with E-state index in [1.165, 1.54) is 17.0 Å². The number of Topliss-reactive ketones (excluding diaryl/α,β-unsaturated/α-hetero) is 1. The first kappa shape index (κ1) is 11.3. The van der Waals surface area contributed by atoms with Crippen LogP contribution in [0.25, 0.3) is 0 Å². The maximum atomic E-state index is 11.9. The average molecular weight is 231 g/mol. The number of carbonyl (C=O) groups is 1. The second kappa shape index (κ2) is 4.37. The molecule has 0 aliphatic rings. The van der Waals surface area contributed by atoms with Gasteiger partial charge in [0.1, 0.15) is 0 Å². The number of hydrogen-bond acceptors (Lipinski definition) is 3. The average Bonchev–Trinajstić information content (AvgIpc) is 2.68. The zero-order valence-corrected chi connectivity index (χ0v) is 9.75. The molecular formula is C12H13N3O2. The van der Waals surface area contributed by atoms with Crippen LogP contribution in [-0.4, -0.2) is 19.9 Å². The SMILES string of the molecule is Cc1cc(=O)n(CC(=O)c2cccn2C)cn1. The highest BCUT2D eigenvalue weighted by Crippen LogP contribution is 2.02. The van der Waals surface area contributed by atoms with Gasteiger partial charge in [-0.2, -0.15) is 0 Å². The fourth-order valence-corrected chi connectivity index (χ4v) is 1.62. The summed E-state index contributed by atoms with van der Waals surface area (Å²) in [6, 6.07) is 4.94. The quantitative estimate of drug-likeness (QED) is 0.733. The van der Waals surface area contributed by atoms with E-state index in [4.69, 9.17) is 0 Å². The minimum atomic E-state index is -0.208. The molecule has 0 saturated carbocycles. The summed E-state index contributed by atoms with van der Waals surface area (Å²) in [4.78, 5) is 27.5. The van der Waals surface area contributed by atoms with Gasteiger partial charge >= 0.3 is 0 Å². The number of carbonyl (C=O) groups excluding carboxylic acids is 1. The highest BCUT2D eigenvalue weighted by atomic mass is 16.1. The van der Waals surface area contributed by atoms with Crippen LogP contribution in [0, 0.1) is 6.92 Å². The fraction of sp³-hybridized carbons (Fsp3) is 0.250. The minimum Gasteiger partial charge on any atom is -0.348 e. The Balaban J connectivity index is 2.25. The number of aryl methyl sites for hydroxylation is 2. The third-order valence-corrected chi connectivity index (χ3v) is 2.56. The van der Waals surface area contributed by atoms with Gasteiger partial charge in [-0.15, -0.1) is 0 Å². The molecule has 0 radical (unpaired) electrons. The van der Waals surface area contributed by atoms with E-state index in [1.54, 1.807) is 36.9 Å². The van der Waals surface area contributed by atoms with Gasteiger partial charge in [-0.05, 0) is 19.1 Å². The molecule has 2 aromatic rings. The van der Waals surface area contributed by atoms with E-state index in [-0.39, 0.29) is 17.9 Å². The first-order valence-electron chi connectivity index (χ1n) is 5.25. The van der Waals surface area contributed by atoms with E-state index in [2.05, 4.69) is 4.98 Å². The Bertz CT molecular complexity index is 610. The van der Waals surface area contributed by atoms with E-state index < -0.39 is 0 Å². The third kappa shape index (κ3) is 2.33. The van der Waals surface area contributed by atoms with Gasteiger partial charge in [0.15, 0.2) is 5.78 Å². The van der Waals surface area contributed by atoms with Crippen molar-refractivity contribution in [3.8, 4) is 0 Å². The molecule has 0 aliphatic carbocycles. The molecule has 0 spiro atoms. The molecule has 0 aliphatic heterocycles. The molecule has 17 heavy (non-hydrogen) atoms. The van der Waals surface area contributed by atoms with Crippen molar-refractivity contribution in [3.63, 3.8) is 0 Å². The summed E-state index contributed by atoms with van der Waals surface area (Å²) in [5, 5.41) is 0. The summed E-state index contributed by atoms with van der Waals surface area (Å²) in [6.45, 7) is 1.76. The largest absolute Gasteiger partial charge is 0.348 e. The third-order valence-electron chi connectivity index (χ3n) is 2.56. The topological polar surface area (TPSA) is 56.9 Å². The van der Waals surface area contributed by atoms with Crippen LogP contribution in [0.1, 0.15) is 16.2 Å². The maximum Gasteiger partial charge on any atom is 0.253 e. The van der Waals surface area contributed by atoms with Gasteiger partial charge in [0.2, 0.25) is 0 Å². The number of aromatic nitrogens is 3. The van der Waals surface area contributed by atoms with Crippen molar-refractivity contribution >= 4 is 5.78 Å². The van der Waals surface area contributed by atoms with Crippen molar-refractivity contribution < 1.29 is 4.79 Å². The zero-order valence-electron chi connectivity index (χ0n) is 9.75. The molecule has 2 aromatic heterocycles. The Morgan fingerprint density at radius 2 is 2.24 bits per heavy atom. The second-order valence-electron chi connectivity index (χ2n) is 3.92. The summed E-state index contributed by atoms with van der Waals surface area (Å²) in [5.74, 6) is -0.106. The lowest BCUT2D eigenvalue weighted by atomic mass is 10.3. The predicted octanol–water partition coefficient (Wildman–Crippen LogP) is 0.773. The van der Waals surface area contributed by atoms with Crippen LogP contribution < -0.4 is 5.56 Å². The molecule has 0 aromatic carbocycles. The van der Waals surface area contributed by atoms with Gasteiger partial charge in [-0.25, -0.2) is 4.98 Å². The molecule has 0 N–H and O–H groups in total. The van der Waals surface area contributed by atoms with Crippen molar-refractivity contribution in [1.82, 2.24) is 14.1 Å². The van der Waals surface area contributed by atoms with Gasteiger partial charge in [-0.3, -0.25) is 14.2 Å². The highest BCUT2D eigenvalue weighted by Gasteiger charge is 2.10. The molecule has 2 rings (SSSR count). The lowest BCUT2D eigenvalue weighted by Crippen LogP contribution is -2.25. The van der Waals surface area contributed by atoms with Crippen LogP contribution in [0.5, 0.6) is 0 Å². The van der Waals surface area contributed by atoms with E-state index >= 15 is 0 Å². The summed E-state index contributed by atoms with van der Waals surface area (Å²) < 4.78 is 3.04. The molecular weight excluding hydrogens is 218 g/mol. The lowest BCUT2D eigenvalue weighted by Gasteiger charge is -2.05. The molecule has 5 nitrogen and oxygen atoms in total. The van der Waals surface area contributed by atoms with Gasteiger partial charge in [0.25, 0.3) is 5.56 Å². The van der Waals surface area contributed by atoms with Crippen LogP contribution in [0.3, 0.4) is 0 Å². The van der Waals surface area contributed by atoms with Crippen LogP contribution in [0.4, 0.5) is 0 Å². The van der Waals surface area contributed by atoms with Crippen molar-refractivity contribution in [2.24, 2.45) is 7.05 Å².